The lowest BCUT2D eigenvalue weighted by Crippen LogP contribution is -1.98. The van der Waals surface area contributed by atoms with E-state index in [1.807, 2.05) is 0 Å². The minimum Gasteiger partial charge on any atom is -0.478 e. The number of carbonyl (C=O) groups is 1. The van der Waals surface area contributed by atoms with Crippen molar-refractivity contribution in [1.82, 2.24) is 4.98 Å². The lowest BCUT2D eigenvalue weighted by Gasteiger charge is -2.04. The highest BCUT2D eigenvalue weighted by Gasteiger charge is 2.11. The number of aromatic nitrogens is 1. The molecule has 7 heteroatoms. The maximum absolute atomic E-state index is 13.5. The molecule has 2 rings (SSSR count). The van der Waals surface area contributed by atoms with E-state index in [2.05, 4.69) is 4.98 Å². The van der Waals surface area contributed by atoms with Crippen molar-refractivity contribution in [2.24, 2.45) is 0 Å². The van der Waals surface area contributed by atoms with Gasteiger partial charge >= 0.3 is 5.97 Å². The summed E-state index contributed by atoms with van der Waals surface area (Å²) in [6.45, 7) is 0. The highest BCUT2D eigenvalue weighted by molar-refractivity contribution is 7.99. The summed E-state index contributed by atoms with van der Waals surface area (Å²) >= 11 is 6.55. The van der Waals surface area contributed by atoms with Crippen LogP contribution in [0.3, 0.4) is 0 Å². The molecule has 3 nitrogen and oxygen atoms in total. The molecule has 19 heavy (non-hydrogen) atoms. The Morgan fingerprint density at radius 3 is 2.63 bits per heavy atom. The van der Waals surface area contributed by atoms with Crippen molar-refractivity contribution >= 4 is 29.3 Å². The number of carboxylic acids is 1. The molecule has 1 aromatic carbocycles. The van der Waals surface area contributed by atoms with E-state index in [-0.39, 0.29) is 20.6 Å². The van der Waals surface area contributed by atoms with Crippen LogP contribution in [0, 0.1) is 11.6 Å². The van der Waals surface area contributed by atoms with E-state index in [0.717, 1.165) is 23.9 Å². The van der Waals surface area contributed by atoms with Crippen LogP contribution < -0.4 is 0 Å². The molecule has 0 bridgehead atoms. The summed E-state index contributed by atoms with van der Waals surface area (Å²) in [5, 5.41) is 9.08. The predicted molar refractivity (Wildman–Crippen MR) is 66.7 cm³/mol. The SMILES string of the molecule is O=C(O)c1cc(Cl)nc(Sc2ccc(F)cc2F)c1. The molecule has 0 saturated carbocycles. The zero-order chi connectivity index (χ0) is 14.0. The summed E-state index contributed by atoms with van der Waals surface area (Å²) in [7, 11) is 0. The molecule has 1 heterocycles. The number of halogens is 3. The van der Waals surface area contributed by atoms with Gasteiger partial charge in [0.25, 0.3) is 0 Å². The minimum absolute atomic E-state index is 0.00933. The van der Waals surface area contributed by atoms with Gasteiger partial charge in [-0.3, -0.25) is 0 Å². The molecule has 98 valence electrons. The third-order valence-corrected chi connectivity index (χ3v) is 3.29. The standard InChI is InChI=1S/C12H6ClF2NO2S/c13-10-3-6(12(17)18)4-11(16-10)19-9-2-1-7(14)5-8(9)15/h1-5H,(H,17,18). The monoisotopic (exact) mass is 301 g/mol. The third kappa shape index (κ3) is 3.42. The number of carboxylic acid groups (broad SMARTS) is 1. The van der Waals surface area contributed by atoms with Crippen LogP contribution in [0.1, 0.15) is 10.4 Å². The first-order valence-corrected chi connectivity index (χ1v) is 6.19. The first-order valence-electron chi connectivity index (χ1n) is 4.99. The first-order chi connectivity index (χ1) is 8.95. The van der Waals surface area contributed by atoms with Crippen LogP contribution in [-0.4, -0.2) is 16.1 Å². The fourth-order valence-corrected chi connectivity index (χ4v) is 2.43. The summed E-state index contributed by atoms with van der Waals surface area (Å²) in [5.41, 5.74) is -0.0509. The Hall–Kier alpha value is -1.66. The Balaban J connectivity index is 2.35. The average molecular weight is 302 g/mol. The summed E-state index contributed by atoms with van der Waals surface area (Å²) in [6, 6.07) is 5.55. The number of benzene rings is 1. The van der Waals surface area contributed by atoms with Crippen LogP contribution in [0.2, 0.25) is 5.15 Å². The number of hydrogen-bond acceptors (Lipinski definition) is 3. The fraction of sp³-hybridized carbons (Fsp3) is 0. The number of nitrogens with zero attached hydrogens (tertiary/aromatic N) is 1. The number of pyridine rings is 1. The zero-order valence-corrected chi connectivity index (χ0v) is 10.8. The normalized spacial score (nSPS) is 10.5. The van der Waals surface area contributed by atoms with Crippen molar-refractivity contribution in [2.75, 3.05) is 0 Å². The molecule has 2 aromatic rings. The van der Waals surface area contributed by atoms with Crippen LogP contribution >= 0.6 is 23.4 Å². The van der Waals surface area contributed by atoms with Crippen LogP contribution in [0.15, 0.2) is 40.3 Å². The number of rotatable bonds is 3. The number of hydrogen-bond donors (Lipinski definition) is 1. The predicted octanol–water partition coefficient (Wildman–Crippen LogP) is 3.86. The Morgan fingerprint density at radius 2 is 2.00 bits per heavy atom. The van der Waals surface area contributed by atoms with Gasteiger partial charge in [-0.1, -0.05) is 23.4 Å². The van der Waals surface area contributed by atoms with Crippen LogP contribution in [0.25, 0.3) is 0 Å². The summed E-state index contributed by atoms with van der Waals surface area (Å²) in [4.78, 5) is 14.9. The molecule has 0 spiro atoms. The van der Waals surface area contributed by atoms with Crippen molar-refractivity contribution < 1.29 is 18.7 Å². The van der Waals surface area contributed by atoms with Crippen molar-refractivity contribution in [3.05, 3.63) is 52.7 Å². The van der Waals surface area contributed by atoms with Gasteiger partial charge < -0.3 is 5.11 Å². The quantitative estimate of drug-likeness (QED) is 0.875. The van der Waals surface area contributed by atoms with Crippen LogP contribution in [-0.2, 0) is 0 Å². The second-order valence-corrected chi connectivity index (χ2v) is 4.95. The summed E-state index contributed by atoms with van der Waals surface area (Å²) < 4.78 is 26.2. The second kappa shape index (κ2) is 5.54. The van der Waals surface area contributed by atoms with E-state index in [1.54, 1.807) is 0 Å². The Kier molecular flexibility index (Phi) is 4.01. The smallest absolute Gasteiger partial charge is 0.335 e. The van der Waals surface area contributed by atoms with Crippen molar-refractivity contribution in [1.29, 1.82) is 0 Å². The minimum atomic E-state index is -1.16. The van der Waals surface area contributed by atoms with Gasteiger partial charge in [0.1, 0.15) is 21.8 Å². The van der Waals surface area contributed by atoms with Gasteiger partial charge in [-0.15, -0.1) is 0 Å². The molecule has 0 aliphatic heterocycles. The molecule has 1 aromatic heterocycles. The average Bonchev–Trinajstić information content (AvgIpc) is 2.32. The van der Waals surface area contributed by atoms with E-state index < -0.39 is 17.6 Å². The lowest BCUT2D eigenvalue weighted by molar-refractivity contribution is 0.0696. The van der Waals surface area contributed by atoms with Gasteiger partial charge in [0.05, 0.1) is 5.56 Å². The fourth-order valence-electron chi connectivity index (χ4n) is 1.32. The number of aromatic carboxylic acids is 1. The zero-order valence-electron chi connectivity index (χ0n) is 9.23. The summed E-state index contributed by atoms with van der Waals surface area (Å²) in [5.74, 6) is -2.60. The van der Waals surface area contributed by atoms with E-state index in [9.17, 15) is 13.6 Å². The van der Waals surface area contributed by atoms with Gasteiger partial charge in [-0.05, 0) is 24.3 Å². The van der Waals surface area contributed by atoms with Gasteiger partial charge in [-0.2, -0.15) is 0 Å². The van der Waals surface area contributed by atoms with Crippen LogP contribution in [0.4, 0.5) is 8.78 Å². The highest BCUT2D eigenvalue weighted by Crippen LogP contribution is 2.30. The molecule has 0 fully saturated rings. The molecular weight excluding hydrogens is 296 g/mol. The van der Waals surface area contributed by atoms with Crippen molar-refractivity contribution in [3.8, 4) is 0 Å². The maximum atomic E-state index is 13.5. The second-order valence-electron chi connectivity index (χ2n) is 3.50. The third-order valence-electron chi connectivity index (χ3n) is 2.13. The van der Waals surface area contributed by atoms with Gasteiger partial charge in [0.2, 0.25) is 0 Å². The molecule has 0 amide bonds. The van der Waals surface area contributed by atoms with E-state index in [0.29, 0.717) is 0 Å². The van der Waals surface area contributed by atoms with E-state index >= 15 is 0 Å². The summed E-state index contributed by atoms with van der Waals surface area (Å²) in [6.07, 6.45) is 0. The Morgan fingerprint density at radius 1 is 1.26 bits per heavy atom. The van der Waals surface area contributed by atoms with Gasteiger partial charge in [-0.25, -0.2) is 18.6 Å². The molecule has 0 aliphatic carbocycles. The topological polar surface area (TPSA) is 50.2 Å². The maximum Gasteiger partial charge on any atom is 0.335 e. The lowest BCUT2D eigenvalue weighted by atomic mass is 10.3. The van der Waals surface area contributed by atoms with Crippen molar-refractivity contribution in [3.63, 3.8) is 0 Å². The molecule has 0 aliphatic rings. The Bertz CT molecular complexity index is 652. The molecular formula is C12H6ClF2NO2S. The van der Waals surface area contributed by atoms with Gasteiger partial charge in [0, 0.05) is 11.0 Å². The van der Waals surface area contributed by atoms with E-state index in [1.165, 1.54) is 18.2 Å². The molecule has 1 N–H and O–H groups in total. The highest BCUT2D eigenvalue weighted by atomic mass is 35.5. The largest absolute Gasteiger partial charge is 0.478 e. The first kappa shape index (κ1) is 13.8. The van der Waals surface area contributed by atoms with E-state index in [4.69, 9.17) is 16.7 Å². The molecule has 0 saturated heterocycles. The van der Waals surface area contributed by atoms with Gasteiger partial charge in [0.15, 0.2) is 0 Å². The molecule has 0 unspecified atom stereocenters. The molecule has 0 radical (unpaired) electrons. The van der Waals surface area contributed by atoms with Crippen LogP contribution in [0.5, 0.6) is 0 Å². The molecule has 0 atom stereocenters. The Labute approximate surface area is 116 Å². The van der Waals surface area contributed by atoms with Crippen molar-refractivity contribution in [2.45, 2.75) is 9.92 Å².